The van der Waals surface area contributed by atoms with Gasteiger partial charge in [-0.2, -0.15) is 0 Å². The van der Waals surface area contributed by atoms with E-state index in [-0.39, 0.29) is 12.4 Å². The van der Waals surface area contributed by atoms with Crippen LogP contribution in [0.3, 0.4) is 0 Å². The van der Waals surface area contributed by atoms with E-state index in [1.165, 1.54) is 0 Å². The summed E-state index contributed by atoms with van der Waals surface area (Å²) in [5.74, 6) is 0.790. The molecule has 0 aromatic heterocycles. The third kappa shape index (κ3) is 5.67. The molecule has 0 spiro atoms. The number of ether oxygens (including phenoxy) is 1. The molecule has 0 unspecified atom stereocenters. The van der Waals surface area contributed by atoms with Crippen molar-refractivity contribution >= 4 is 9.84 Å². The first-order valence-corrected chi connectivity index (χ1v) is 9.07. The van der Waals surface area contributed by atoms with Crippen LogP contribution in [0, 0.1) is 0 Å². The van der Waals surface area contributed by atoms with Crippen LogP contribution in [0.5, 0.6) is 5.75 Å². The summed E-state index contributed by atoms with van der Waals surface area (Å²) >= 11 is 0. The van der Waals surface area contributed by atoms with E-state index in [0.29, 0.717) is 0 Å². The molecule has 1 N–H and O–H groups in total. The Hall–Kier alpha value is -1.07. The summed E-state index contributed by atoms with van der Waals surface area (Å²) in [6, 6.07) is 7.74. The minimum atomic E-state index is -3.14. The standard InChI is InChI=1S/C16H27NO3S/c1-5-10-17-13-14-8-6-7-9-15(14)20-11-12-21(18,19)16(2,3)4/h6-9,17H,5,10-13H2,1-4H3. The molecule has 0 atom stereocenters. The van der Waals surface area contributed by atoms with Gasteiger partial charge in [0.2, 0.25) is 0 Å². The predicted molar refractivity (Wildman–Crippen MR) is 87.5 cm³/mol. The Labute approximate surface area is 128 Å². The van der Waals surface area contributed by atoms with E-state index in [1.54, 1.807) is 20.8 Å². The molecule has 4 nitrogen and oxygen atoms in total. The van der Waals surface area contributed by atoms with E-state index in [4.69, 9.17) is 4.74 Å². The highest BCUT2D eigenvalue weighted by Gasteiger charge is 2.28. The van der Waals surface area contributed by atoms with E-state index >= 15 is 0 Å². The van der Waals surface area contributed by atoms with Crippen molar-refractivity contribution in [3.8, 4) is 5.75 Å². The number of benzene rings is 1. The number of nitrogens with one attached hydrogen (secondary N) is 1. The fraction of sp³-hybridized carbons (Fsp3) is 0.625. The van der Waals surface area contributed by atoms with Gasteiger partial charge in [-0.1, -0.05) is 25.1 Å². The van der Waals surface area contributed by atoms with Crippen molar-refractivity contribution in [1.82, 2.24) is 5.32 Å². The van der Waals surface area contributed by atoms with E-state index in [0.717, 1.165) is 30.8 Å². The second-order valence-electron chi connectivity index (χ2n) is 6.06. The van der Waals surface area contributed by atoms with Crippen LogP contribution in [0.25, 0.3) is 0 Å². The van der Waals surface area contributed by atoms with Crippen molar-refractivity contribution < 1.29 is 13.2 Å². The number of hydrogen-bond donors (Lipinski definition) is 1. The van der Waals surface area contributed by atoms with E-state index < -0.39 is 14.6 Å². The molecular formula is C16H27NO3S. The molecule has 0 radical (unpaired) electrons. The molecule has 0 aliphatic carbocycles. The first-order valence-electron chi connectivity index (χ1n) is 7.41. The molecule has 1 aromatic rings. The van der Waals surface area contributed by atoms with Gasteiger partial charge in [0, 0.05) is 12.1 Å². The quantitative estimate of drug-likeness (QED) is 0.750. The first kappa shape index (κ1) is 18.0. The number of sulfone groups is 1. The van der Waals surface area contributed by atoms with E-state index in [2.05, 4.69) is 12.2 Å². The lowest BCUT2D eigenvalue weighted by Gasteiger charge is -2.19. The Bertz CT molecular complexity index is 533. The van der Waals surface area contributed by atoms with Crippen LogP contribution in [0.15, 0.2) is 24.3 Å². The maximum absolute atomic E-state index is 12.0. The highest BCUT2D eigenvalue weighted by Crippen LogP contribution is 2.19. The maximum Gasteiger partial charge on any atom is 0.158 e. The molecule has 1 aromatic carbocycles. The Kier molecular flexibility index (Phi) is 6.68. The van der Waals surface area contributed by atoms with Crippen LogP contribution in [0.2, 0.25) is 0 Å². The van der Waals surface area contributed by atoms with Crippen LogP contribution >= 0.6 is 0 Å². The Morgan fingerprint density at radius 3 is 2.48 bits per heavy atom. The van der Waals surface area contributed by atoms with Crippen molar-refractivity contribution in [1.29, 1.82) is 0 Å². The lowest BCUT2D eigenvalue weighted by Crippen LogP contribution is -2.32. The molecule has 1 rings (SSSR count). The molecule has 0 saturated carbocycles. The third-order valence-electron chi connectivity index (χ3n) is 3.26. The summed E-state index contributed by atoms with van der Waals surface area (Å²) in [5, 5.41) is 3.32. The summed E-state index contributed by atoms with van der Waals surface area (Å²) < 4.78 is 29.0. The van der Waals surface area contributed by atoms with Gasteiger partial charge >= 0.3 is 0 Å². The second-order valence-corrected chi connectivity index (χ2v) is 8.93. The van der Waals surface area contributed by atoms with Gasteiger partial charge in [-0.15, -0.1) is 0 Å². The molecular weight excluding hydrogens is 286 g/mol. The fourth-order valence-corrected chi connectivity index (χ4v) is 2.67. The molecule has 5 heteroatoms. The summed E-state index contributed by atoms with van der Waals surface area (Å²) in [6.07, 6.45) is 1.08. The summed E-state index contributed by atoms with van der Waals surface area (Å²) in [5.41, 5.74) is 1.05. The molecule has 0 aliphatic heterocycles. The Balaban J connectivity index is 2.60. The summed E-state index contributed by atoms with van der Waals surface area (Å²) in [6.45, 7) is 9.13. The second kappa shape index (κ2) is 7.80. The zero-order chi connectivity index (χ0) is 15.9. The van der Waals surface area contributed by atoms with Crippen LogP contribution in [-0.4, -0.2) is 32.1 Å². The van der Waals surface area contributed by atoms with Gasteiger partial charge in [0.05, 0.1) is 10.5 Å². The molecule has 0 aliphatic rings. The van der Waals surface area contributed by atoms with Gasteiger partial charge in [0.15, 0.2) is 9.84 Å². The molecule has 0 saturated heterocycles. The normalized spacial score (nSPS) is 12.4. The van der Waals surface area contributed by atoms with Gasteiger partial charge in [0.25, 0.3) is 0 Å². The lowest BCUT2D eigenvalue weighted by atomic mass is 10.2. The first-order chi connectivity index (χ1) is 9.78. The van der Waals surface area contributed by atoms with Crippen molar-refractivity contribution in [3.05, 3.63) is 29.8 Å². The average molecular weight is 313 g/mol. The molecule has 21 heavy (non-hydrogen) atoms. The zero-order valence-electron chi connectivity index (χ0n) is 13.5. The summed E-state index contributed by atoms with van der Waals surface area (Å²) in [4.78, 5) is 0. The highest BCUT2D eigenvalue weighted by atomic mass is 32.2. The largest absolute Gasteiger partial charge is 0.492 e. The molecule has 0 bridgehead atoms. The summed E-state index contributed by atoms with van der Waals surface area (Å²) in [7, 11) is -3.14. The van der Waals surface area contributed by atoms with E-state index in [9.17, 15) is 8.42 Å². The smallest absolute Gasteiger partial charge is 0.158 e. The predicted octanol–water partition coefficient (Wildman–Crippen LogP) is 2.78. The molecule has 0 amide bonds. The van der Waals surface area contributed by atoms with Crippen molar-refractivity contribution in [2.45, 2.75) is 45.4 Å². The Morgan fingerprint density at radius 1 is 1.19 bits per heavy atom. The highest BCUT2D eigenvalue weighted by molar-refractivity contribution is 7.92. The number of rotatable bonds is 8. The van der Waals surface area contributed by atoms with Crippen molar-refractivity contribution in [2.75, 3.05) is 18.9 Å². The van der Waals surface area contributed by atoms with Gasteiger partial charge in [-0.05, 0) is 39.8 Å². The number of hydrogen-bond acceptors (Lipinski definition) is 4. The van der Waals surface area contributed by atoms with Crippen molar-refractivity contribution in [2.24, 2.45) is 0 Å². The molecule has 120 valence electrons. The zero-order valence-corrected chi connectivity index (χ0v) is 14.3. The molecule has 0 heterocycles. The van der Waals surface area contributed by atoms with Gasteiger partial charge in [0.1, 0.15) is 12.4 Å². The van der Waals surface area contributed by atoms with Crippen LogP contribution < -0.4 is 10.1 Å². The maximum atomic E-state index is 12.0. The van der Waals surface area contributed by atoms with E-state index in [1.807, 2.05) is 24.3 Å². The monoisotopic (exact) mass is 313 g/mol. The minimum absolute atomic E-state index is 0.0349. The topological polar surface area (TPSA) is 55.4 Å². The van der Waals surface area contributed by atoms with Crippen LogP contribution in [-0.2, 0) is 16.4 Å². The van der Waals surface area contributed by atoms with Crippen molar-refractivity contribution in [3.63, 3.8) is 0 Å². The van der Waals surface area contributed by atoms with Gasteiger partial charge < -0.3 is 10.1 Å². The van der Waals surface area contributed by atoms with Gasteiger partial charge in [-0.3, -0.25) is 0 Å². The fourth-order valence-electron chi connectivity index (χ4n) is 1.76. The number of para-hydroxylation sites is 1. The minimum Gasteiger partial charge on any atom is -0.492 e. The van der Waals surface area contributed by atoms with Gasteiger partial charge in [-0.25, -0.2) is 8.42 Å². The van der Waals surface area contributed by atoms with Crippen LogP contribution in [0.1, 0.15) is 39.7 Å². The Morgan fingerprint density at radius 2 is 1.86 bits per heavy atom. The van der Waals surface area contributed by atoms with Crippen LogP contribution in [0.4, 0.5) is 0 Å². The SMILES string of the molecule is CCCNCc1ccccc1OCCS(=O)(=O)C(C)(C)C. The average Bonchev–Trinajstić information content (AvgIpc) is 2.39. The lowest BCUT2D eigenvalue weighted by molar-refractivity contribution is 0.335. The molecule has 0 fully saturated rings. The third-order valence-corrected chi connectivity index (χ3v) is 5.83.